The fraction of sp³-hybridized carbons (Fsp3) is 0.353. The fourth-order valence-corrected chi connectivity index (χ4v) is 3.11. The number of aliphatic imine (C=N–C) groups is 1. The van der Waals surface area contributed by atoms with Gasteiger partial charge in [-0.05, 0) is 50.1 Å². The van der Waals surface area contributed by atoms with Gasteiger partial charge in [0.05, 0.1) is 6.42 Å². The Morgan fingerprint density at radius 2 is 1.82 bits per heavy atom. The quantitative estimate of drug-likeness (QED) is 0.829. The van der Waals surface area contributed by atoms with E-state index >= 15 is 0 Å². The number of Topliss-reactive ketones (excluding diaryl/α,β-unsaturated/α-hetero) is 1. The molecular weight excluding hydrogens is 302 g/mol. The Morgan fingerprint density at radius 3 is 2.32 bits per heavy atom. The van der Waals surface area contributed by atoms with Crippen LogP contribution in [0.1, 0.15) is 44.0 Å². The third-order valence-corrected chi connectivity index (χ3v) is 4.68. The highest BCUT2D eigenvalue weighted by atomic mass is 35.5. The topological polar surface area (TPSA) is 66.7 Å². The van der Waals surface area contributed by atoms with Crippen LogP contribution >= 0.6 is 11.6 Å². The molecule has 1 aromatic rings. The van der Waals surface area contributed by atoms with Crippen molar-refractivity contribution in [2.45, 2.75) is 33.6 Å². The molecule has 1 N–H and O–H groups in total. The molecule has 4 nitrogen and oxygen atoms in total. The predicted molar refractivity (Wildman–Crippen MR) is 86.6 cm³/mol. The minimum Gasteiger partial charge on any atom is -0.481 e. The van der Waals surface area contributed by atoms with E-state index in [1.807, 2.05) is 6.92 Å². The number of aliphatic carboxylic acids is 1. The van der Waals surface area contributed by atoms with Crippen LogP contribution in [0.5, 0.6) is 0 Å². The molecule has 1 aromatic carbocycles. The van der Waals surface area contributed by atoms with Crippen LogP contribution in [0.3, 0.4) is 0 Å². The van der Waals surface area contributed by atoms with Crippen LogP contribution in [0.4, 0.5) is 0 Å². The van der Waals surface area contributed by atoms with Crippen molar-refractivity contribution in [1.29, 1.82) is 0 Å². The number of hydrogen-bond donors (Lipinski definition) is 1. The summed E-state index contributed by atoms with van der Waals surface area (Å²) < 4.78 is 0. The second-order valence-electron chi connectivity index (χ2n) is 5.51. The molecule has 2 rings (SSSR count). The Bertz CT molecular complexity index is 688. The number of rotatable bonds is 5. The lowest BCUT2D eigenvalue weighted by atomic mass is 9.73. The van der Waals surface area contributed by atoms with E-state index < -0.39 is 11.4 Å². The molecule has 0 spiro atoms. The Labute approximate surface area is 134 Å². The molecule has 116 valence electrons. The molecular formula is C17H18ClNO3. The second kappa shape index (κ2) is 6.05. The number of carbonyl (C=O) groups excluding carboxylic acids is 1. The molecule has 1 atom stereocenters. The van der Waals surface area contributed by atoms with Crippen molar-refractivity contribution in [2.75, 3.05) is 0 Å². The summed E-state index contributed by atoms with van der Waals surface area (Å²) in [5.74, 6) is -1.09. The number of carboxylic acids is 1. The maximum absolute atomic E-state index is 12.6. The van der Waals surface area contributed by atoms with Crippen LogP contribution in [-0.2, 0) is 4.79 Å². The van der Waals surface area contributed by atoms with Gasteiger partial charge in [0, 0.05) is 21.7 Å². The molecule has 0 saturated carbocycles. The number of halogens is 1. The molecule has 0 fully saturated rings. The highest BCUT2D eigenvalue weighted by Gasteiger charge is 2.42. The Kier molecular flexibility index (Phi) is 4.52. The first kappa shape index (κ1) is 16.4. The van der Waals surface area contributed by atoms with Crippen molar-refractivity contribution in [1.82, 2.24) is 0 Å². The molecule has 1 unspecified atom stereocenters. The Morgan fingerprint density at radius 1 is 1.23 bits per heavy atom. The summed E-state index contributed by atoms with van der Waals surface area (Å²) in [7, 11) is 0. The van der Waals surface area contributed by atoms with Gasteiger partial charge >= 0.3 is 5.97 Å². The van der Waals surface area contributed by atoms with Gasteiger partial charge in [-0.2, -0.15) is 0 Å². The first-order valence-corrected chi connectivity index (χ1v) is 7.49. The minimum atomic E-state index is -0.893. The third kappa shape index (κ3) is 2.71. The van der Waals surface area contributed by atoms with Gasteiger partial charge in [-0.25, -0.2) is 0 Å². The van der Waals surface area contributed by atoms with E-state index in [0.29, 0.717) is 28.4 Å². The summed E-state index contributed by atoms with van der Waals surface area (Å²) in [6.07, 6.45) is 0.542. The van der Waals surface area contributed by atoms with Gasteiger partial charge in [0.15, 0.2) is 0 Å². The van der Waals surface area contributed by atoms with E-state index in [1.54, 1.807) is 38.1 Å². The number of allylic oxidation sites excluding steroid dienone is 2. The zero-order valence-corrected chi connectivity index (χ0v) is 13.6. The van der Waals surface area contributed by atoms with E-state index in [1.165, 1.54) is 0 Å². The zero-order valence-electron chi connectivity index (χ0n) is 12.8. The number of carboxylic acid groups (broad SMARTS) is 1. The molecule has 1 heterocycles. The smallest absolute Gasteiger partial charge is 0.304 e. The molecule has 22 heavy (non-hydrogen) atoms. The van der Waals surface area contributed by atoms with Crippen molar-refractivity contribution in [3.63, 3.8) is 0 Å². The van der Waals surface area contributed by atoms with Crippen LogP contribution in [-0.4, -0.2) is 22.6 Å². The van der Waals surface area contributed by atoms with Gasteiger partial charge in [-0.3, -0.25) is 14.6 Å². The van der Waals surface area contributed by atoms with Gasteiger partial charge < -0.3 is 5.11 Å². The van der Waals surface area contributed by atoms with Gasteiger partial charge in [0.1, 0.15) is 5.70 Å². The van der Waals surface area contributed by atoms with Crippen LogP contribution in [0.25, 0.3) is 0 Å². The normalized spacial score (nSPS) is 21.0. The van der Waals surface area contributed by atoms with Gasteiger partial charge in [0.2, 0.25) is 5.78 Å². The molecule has 0 amide bonds. The number of ketones is 1. The maximum atomic E-state index is 12.6. The lowest BCUT2D eigenvalue weighted by molar-refractivity contribution is -0.138. The highest BCUT2D eigenvalue weighted by molar-refractivity contribution is 6.30. The number of hydrogen-bond acceptors (Lipinski definition) is 3. The van der Waals surface area contributed by atoms with Crippen molar-refractivity contribution < 1.29 is 14.7 Å². The molecule has 0 saturated heterocycles. The average molecular weight is 320 g/mol. The van der Waals surface area contributed by atoms with Gasteiger partial charge in [0.25, 0.3) is 0 Å². The summed E-state index contributed by atoms with van der Waals surface area (Å²) in [6, 6.07) is 6.61. The zero-order chi connectivity index (χ0) is 16.5. The first-order valence-electron chi connectivity index (χ1n) is 7.11. The minimum absolute atomic E-state index is 0.0535. The summed E-state index contributed by atoms with van der Waals surface area (Å²) in [5, 5.41) is 9.76. The average Bonchev–Trinajstić information content (AvgIpc) is 2.72. The van der Waals surface area contributed by atoms with Crippen LogP contribution < -0.4 is 0 Å². The summed E-state index contributed by atoms with van der Waals surface area (Å²) in [5.41, 5.74) is 1.60. The predicted octanol–water partition coefficient (Wildman–Crippen LogP) is 4.14. The molecule has 1 aliphatic heterocycles. The summed E-state index contributed by atoms with van der Waals surface area (Å²) in [6.45, 7) is 5.51. The van der Waals surface area contributed by atoms with Crippen molar-refractivity contribution >= 4 is 29.1 Å². The van der Waals surface area contributed by atoms with Crippen molar-refractivity contribution in [2.24, 2.45) is 10.4 Å². The maximum Gasteiger partial charge on any atom is 0.304 e. The lowest BCUT2D eigenvalue weighted by Crippen LogP contribution is -2.30. The number of nitrogens with zero attached hydrogens (tertiary/aromatic N) is 1. The van der Waals surface area contributed by atoms with Crippen LogP contribution in [0, 0.1) is 5.41 Å². The second-order valence-corrected chi connectivity index (χ2v) is 5.95. The molecule has 0 radical (unpaired) electrons. The standard InChI is InChI=1S/C17H18ClNO3/c1-4-17(9-14(20)21)10(2)15(19-11(17)3)16(22)12-5-7-13(18)8-6-12/h5-8H,4,9H2,1-3H3,(H,20,21). The molecule has 5 heteroatoms. The lowest BCUT2D eigenvalue weighted by Gasteiger charge is -2.28. The molecule has 0 bridgehead atoms. The highest BCUT2D eigenvalue weighted by Crippen LogP contribution is 2.44. The van der Waals surface area contributed by atoms with Gasteiger partial charge in [-0.15, -0.1) is 0 Å². The van der Waals surface area contributed by atoms with Gasteiger partial charge in [-0.1, -0.05) is 18.5 Å². The Balaban J connectivity index is 2.46. The van der Waals surface area contributed by atoms with Crippen molar-refractivity contribution in [3.8, 4) is 0 Å². The molecule has 0 aliphatic carbocycles. The van der Waals surface area contributed by atoms with E-state index in [-0.39, 0.29) is 12.2 Å². The first-order chi connectivity index (χ1) is 10.3. The number of carbonyl (C=O) groups is 2. The summed E-state index contributed by atoms with van der Waals surface area (Å²) >= 11 is 5.84. The largest absolute Gasteiger partial charge is 0.481 e. The Hall–Kier alpha value is -1.94. The van der Waals surface area contributed by atoms with Crippen LogP contribution in [0.2, 0.25) is 5.02 Å². The molecule has 0 aromatic heterocycles. The number of benzene rings is 1. The summed E-state index contributed by atoms with van der Waals surface area (Å²) in [4.78, 5) is 28.3. The van der Waals surface area contributed by atoms with E-state index in [2.05, 4.69) is 4.99 Å². The van der Waals surface area contributed by atoms with Crippen LogP contribution in [0.15, 0.2) is 40.5 Å². The van der Waals surface area contributed by atoms with E-state index in [0.717, 1.165) is 5.57 Å². The molecule has 1 aliphatic rings. The van der Waals surface area contributed by atoms with Crippen molar-refractivity contribution in [3.05, 3.63) is 46.1 Å². The third-order valence-electron chi connectivity index (χ3n) is 4.42. The monoisotopic (exact) mass is 319 g/mol. The SMILES string of the molecule is CCC1(CC(=O)O)C(C)=NC(C(=O)c2ccc(Cl)cc2)=C1C. The van der Waals surface area contributed by atoms with E-state index in [4.69, 9.17) is 11.6 Å². The fourth-order valence-electron chi connectivity index (χ4n) is 2.98. The van der Waals surface area contributed by atoms with E-state index in [9.17, 15) is 14.7 Å².